The Hall–Kier alpha value is -1.84. The summed E-state index contributed by atoms with van der Waals surface area (Å²) in [7, 11) is 1.79. The summed E-state index contributed by atoms with van der Waals surface area (Å²) >= 11 is 0. The fourth-order valence-electron chi connectivity index (χ4n) is 1.93. The van der Waals surface area contributed by atoms with Crippen LogP contribution in [-0.2, 0) is 16.0 Å². The average Bonchev–Trinajstić information content (AvgIpc) is 2.31. The van der Waals surface area contributed by atoms with E-state index >= 15 is 0 Å². The number of amides is 1. The van der Waals surface area contributed by atoms with Gasteiger partial charge in [-0.25, -0.2) is 0 Å². The molecule has 1 aliphatic rings. The van der Waals surface area contributed by atoms with Crippen molar-refractivity contribution < 1.29 is 9.59 Å². The summed E-state index contributed by atoms with van der Waals surface area (Å²) in [5.74, 6) is 0.154. The standard InChI is InChI=1S/C12H14N2O2/c1-14-11-4-3-10(13-6-7-15)8-9(11)2-5-12(14)16/h3-4,7-8,13H,2,5-6H2,1H3. The highest BCUT2D eigenvalue weighted by atomic mass is 16.2. The van der Waals surface area contributed by atoms with Crippen LogP contribution in [-0.4, -0.2) is 25.8 Å². The van der Waals surface area contributed by atoms with Crippen molar-refractivity contribution in [3.05, 3.63) is 23.8 Å². The lowest BCUT2D eigenvalue weighted by atomic mass is 10.0. The van der Waals surface area contributed by atoms with E-state index < -0.39 is 0 Å². The molecule has 84 valence electrons. The molecule has 1 aromatic carbocycles. The maximum atomic E-state index is 11.5. The van der Waals surface area contributed by atoms with Gasteiger partial charge in [-0.2, -0.15) is 0 Å². The summed E-state index contributed by atoms with van der Waals surface area (Å²) in [5, 5.41) is 3.00. The van der Waals surface area contributed by atoms with E-state index in [1.165, 1.54) is 0 Å². The summed E-state index contributed by atoms with van der Waals surface area (Å²) < 4.78 is 0. The zero-order valence-electron chi connectivity index (χ0n) is 9.19. The van der Waals surface area contributed by atoms with E-state index in [0.29, 0.717) is 13.0 Å². The normalized spacial score (nSPS) is 14.6. The molecule has 0 spiro atoms. The molecule has 4 nitrogen and oxygen atoms in total. The van der Waals surface area contributed by atoms with Gasteiger partial charge in [0.2, 0.25) is 5.91 Å². The number of aldehydes is 1. The minimum atomic E-state index is 0.154. The third-order valence-corrected chi connectivity index (χ3v) is 2.81. The van der Waals surface area contributed by atoms with Crippen LogP contribution in [0.15, 0.2) is 18.2 Å². The maximum absolute atomic E-state index is 11.5. The topological polar surface area (TPSA) is 49.4 Å². The molecule has 1 amide bonds. The molecule has 1 heterocycles. The van der Waals surface area contributed by atoms with E-state index in [1.807, 2.05) is 18.2 Å². The molecule has 0 saturated heterocycles. The predicted octanol–water partition coefficient (Wildman–Crippen LogP) is 1.21. The minimum absolute atomic E-state index is 0.154. The Labute approximate surface area is 94.2 Å². The van der Waals surface area contributed by atoms with Crippen molar-refractivity contribution in [1.29, 1.82) is 0 Å². The number of aryl methyl sites for hydroxylation is 1. The van der Waals surface area contributed by atoms with Gasteiger partial charge in [-0.3, -0.25) is 4.79 Å². The number of hydrogen-bond donors (Lipinski definition) is 1. The summed E-state index contributed by atoms with van der Waals surface area (Å²) in [6.45, 7) is 0.313. The molecular weight excluding hydrogens is 204 g/mol. The van der Waals surface area contributed by atoms with E-state index in [-0.39, 0.29) is 5.91 Å². The first-order valence-corrected chi connectivity index (χ1v) is 5.29. The molecule has 0 unspecified atom stereocenters. The van der Waals surface area contributed by atoms with Crippen LogP contribution in [0, 0.1) is 0 Å². The zero-order chi connectivity index (χ0) is 11.5. The number of carbonyl (C=O) groups excluding carboxylic acids is 2. The second-order valence-corrected chi connectivity index (χ2v) is 3.84. The summed E-state index contributed by atoms with van der Waals surface area (Å²) in [6.07, 6.45) is 2.16. The Morgan fingerprint density at radius 3 is 3.00 bits per heavy atom. The number of nitrogens with one attached hydrogen (secondary N) is 1. The molecule has 16 heavy (non-hydrogen) atoms. The zero-order valence-corrected chi connectivity index (χ0v) is 9.19. The largest absolute Gasteiger partial charge is 0.378 e. The summed E-state index contributed by atoms with van der Waals surface area (Å²) in [4.78, 5) is 23.4. The molecule has 1 aromatic rings. The Kier molecular flexibility index (Phi) is 2.90. The van der Waals surface area contributed by atoms with Crippen molar-refractivity contribution in [1.82, 2.24) is 0 Å². The van der Waals surface area contributed by atoms with Crippen LogP contribution < -0.4 is 10.2 Å². The molecule has 2 rings (SSSR count). The molecule has 1 N–H and O–H groups in total. The Bertz CT molecular complexity index is 429. The molecule has 0 fully saturated rings. The van der Waals surface area contributed by atoms with E-state index in [0.717, 1.165) is 29.6 Å². The third kappa shape index (κ3) is 1.91. The fraction of sp³-hybridized carbons (Fsp3) is 0.333. The van der Waals surface area contributed by atoms with E-state index in [9.17, 15) is 9.59 Å². The van der Waals surface area contributed by atoms with Gasteiger partial charge in [0.25, 0.3) is 0 Å². The first-order chi connectivity index (χ1) is 7.72. The summed E-state index contributed by atoms with van der Waals surface area (Å²) in [5.41, 5.74) is 3.04. The average molecular weight is 218 g/mol. The van der Waals surface area contributed by atoms with Crippen molar-refractivity contribution in [2.24, 2.45) is 0 Å². The molecule has 0 aromatic heterocycles. The van der Waals surface area contributed by atoms with Crippen LogP contribution in [0.2, 0.25) is 0 Å². The minimum Gasteiger partial charge on any atom is -0.378 e. The van der Waals surface area contributed by atoms with Gasteiger partial charge in [0.1, 0.15) is 6.29 Å². The van der Waals surface area contributed by atoms with E-state index in [4.69, 9.17) is 0 Å². The van der Waals surface area contributed by atoms with Crippen LogP contribution in [0.5, 0.6) is 0 Å². The van der Waals surface area contributed by atoms with Gasteiger partial charge in [-0.05, 0) is 30.2 Å². The molecule has 1 aliphatic heterocycles. The van der Waals surface area contributed by atoms with Gasteiger partial charge in [-0.1, -0.05) is 0 Å². The van der Waals surface area contributed by atoms with Crippen molar-refractivity contribution in [2.75, 3.05) is 23.8 Å². The van der Waals surface area contributed by atoms with Gasteiger partial charge in [0.15, 0.2) is 0 Å². The lowest BCUT2D eigenvalue weighted by Crippen LogP contribution is -2.31. The lowest BCUT2D eigenvalue weighted by molar-refractivity contribution is -0.118. The van der Waals surface area contributed by atoms with E-state index in [2.05, 4.69) is 5.32 Å². The SMILES string of the molecule is CN1C(=O)CCc2cc(NCC=O)ccc21. The lowest BCUT2D eigenvalue weighted by Gasteiger charge is -2.26. The predicted molar refractivity (Wildman–Crippen MR) is 62.7 cm³/mol. The van der Waals surface area contributed by atoms with Gasteiger partial charge in [-0.15, -0.1) is 0 Å². The molecule has 0 saturated carbocycles. The molecule has 0 atom stereocenters. The molecule has 0 radical (unpaired) electrons. The number of hydrogen-bond acceptors (Lipinski definition) is 3. The highest BCUT2D eigenvalue weighted by molar-refractivity contribution is 5.96. The van der Waals surface area contributed by atoms with Crippen LogP contribution in [0.1, 0.15) is 12.0 Å². The Morgan fingerprint density at radius 1 is 1.44 bits per heavy atom. The molecule has 4 heteroatoms. The van der Waals surface area contributed by atoms with Crippen LogP contribution in [0.25, 0.3) is 0 Å². The molecular formula is C12H14N2O2. The Morgan fingerprint density at radius 2 is 2.25 bits per heavy atom. The first-order valence-electron chi connectivity index (χ1n) is 5.29. The van der Waals surface area contributed by atoms with Crippen molar-refractivity contribution >= 4 is 23.6 Å². The van der Waals surface area contributed by atoms with Crippen molar-refractivity contribution in [3.63, 3.8) is 0 Å². The van der Waals surface area contributed by atoms with Gasteiger partial charge in [0.05, 0.1) is 6.54 Å². The van der Waals surface area contributed by atoms with Gasteiger partial charge < -0.3 is 15.0 Å². The fourth-order valence-corrected chi connectivity index (χ4v) is 1.93. The van der Waals surface area contributed by atoms with Crippen LogP contribution in [0.3, 0.4) is 0 Å². The highest BCUT2D eigenvalue weighted by Gasteiger charge is 2.20. The van der Waals surface area contributed by atoms with Crippen LogP contribution in [0.4, 0.5) is 11.4 Å². The monoisotopic (exact) mass is 218 g/mol. The molecule has 0 aliphatic carbocycles. The summed E-state index contributed by atoms with van der Waals surface area (Å²) in [6, 6.07) is 5.80. The quantitative estimate of drug-likeness (QED) is 0.776. The Balaban J connectivity index is 2.26. The molecule has 0 bridgehead atoms. The van der Waals surface area contributed by atoms with Gasteiger partial charge in [0, 0.05) is 24.8 Å². The van der Waals surface area contributed by atoms with Crippen LogP contribution >= 0.6 is 0 Å². The number of rotatable bonds is 3. The number of anilines is 2. The van der Waals surface area contributed by atoms with E-state index in [1.54, 1.807) is 11.9 Å². The maximum Gasteiger partial charge on any atom is 0.227 e. The third-order valence-electron chi connectivity index (χ3n) is 2.81. The van der Waals surface area contributed by atoms with Crippen molar-refractivity contribution in [2.45, 2.75) is 12.8 Å². The van der Waals surface area contributed by atoms with Crippen molar-refractivity contribution in [3.8, 4) is 0 Å². The second-order valence-electron chi connectivity index (χ2n) is 3.84. The number of nitrogens with zero attached hydrogens (tertiary/aromatic N) is 1. The van der Waals surface area contributed by atoms with Gasteiger partial charge >= 0.3 is 0 Å². The number of carbonyl (C=O) groups is 2. The highest BCUT2D eigenvalue weighted by Crippen LogP contribution is 2.28. The number of fused-ring (bicyclic) bond motifs is 1. The second kappa shape index (κ2) is 4.35. The number of benzene rings is 1. The first kappa shape index (κ1) is 10.7. The smallest absolute Gasteiger partial charge is 0.227 e.